The summed E-state index contributed by atoms with van der Waals surface area (Å²) in [7, 11) is 3.25. The lowest BCUT2D eigenvalue weighted by Gasteiger charge is -2.31. The lowest BCUT2D eigenvalue weighted by Crippen LogP contribution is -3.14. The number of hydrogen-bond acceptors (Lipinski definition) is 4. The molecule has 0 aliphatic carbocycles. The summed E-state index contributed by atoms with van der Waals surface area (Å²) in [6.07, 6.45) is 1.36. The second kappa shape index (κ2) is 9.74. The molecule has 1 aliphatic heterocycles. The average molecular weight is 338 g/mol. The van der Waals surface area contributed by atoms with Crippen LogP contribution in [0.15, 0.2) is 18.2 Å². The smallest absolute Gasteiger partial charge is 0.203 e. The Morgan fingerprint density at radius 1 is 0.958 bits per heavy atom. The van der Waals surface area contributed by atoms with Crippen LogP contribution in [0.25, 0.3) is 0 Å². The minimum Gasteiger partial charge on any atom is -0.493 e. The number of benzene rings is 1. The van der Waals surface area contributed by atoms with E-state index in [2.05, 4.69) is 13.8 Å². The monoisotopic (exact) mass is 338 g/mol. The van der Waals surface area contributed by atoms with Gasteiger partial charge in [0.15, 0.2) is 11.5 Å². The van der Waals surface area contributed by atoms with Gasteiger partial charge in [-0.15, -0.1) is 0 Å². The van der Waals surface area contributed by atoms with Crippen LogP contribution in [-0.4, -0.2) is 53.7 Å². The van der Waals surface area contributed by atoms with Crippen LogP contribution < -0.4 is 19.1 Å². The molecule has 1 fully saturated rings. The highest BCUT2D eigenvalue weighted by Gasteiger charge is 2.24. The molecule has 1 aliphatic rings. The molecule has 1 aromatic rings. The summed E-state index contributed by atoms with van der Waals surface area (Å²) >= 11 is 0. The van der Waals surface area contributed by atoms with Gasteiger partial charge in [-0.1, -0.05) is 19.9 Å². The van der Waals surface area contributed by atoms with E-state index in [1.807, 2.05) is 18.2 Å². The zero-order valence-corrected chi connectivity index (χ0v) is 15.5. The summed E-state index contributed by atoms with van der Waals surface area (Å²) in [4.78, 5) is 1.66. The molecule has 136 valence electrons. The van der Waals surface area contributed by atoms with Crippen LogP contribution in [0.5, 0.6) is 17.2 Å². The molecule has 2 rings (SSSR count). The van der Waals surface area contributed by atoms with E-state index in [9.17, 15) is 0 Å². The molecular formula is C19H32NO4+. The van der Waals surface area contributed by atoms with Crippen molar-refractivity contribution < 1.29 is 23.8 Å². The Bertz CT molecular complexity index is 462. The number of quaternary nitrogens is 1. The van der Waals surface area contributed by atoms with Crippen molar-refractivity contribution in [2.45, 2.75) is 20.3 Å². The van der Waals surface area contributed by atoms with Crippen LogP contribution >= 0.6 is 0 Å². The minimum atomic E-state index is 0.485. The fourth-order valence-corrected chi connectivity index (χ4v) is 3.61. The van der Waals surface area contributed by atoms with Gasteiger partial charge in [0.2, 0.25) is 5.75 Å². The molecule has 1 N–H and O–H groups in total. The van der Waals surface area contributed by atoms with Gasteiger partial charge in [0.1, 0.15) is 13.2 Å². The van der Waals surface area contributed by atoms with Gasteiger partial charge < -0.3 is 23.8 Å². The van der Waals surface area contributed by atoms with Crippen molar-refractivity contribution in [3.8, 4) is 17.2 Å². The second-order valence-corrected chi connectivity index (χ2v) is 6.81. The maximum atomic E-state index is 5.79. The Morgan fingerprint density at radius 3 is 2.17 bits per heavy atom. The molecule has 5 nitrogen and oxygen atoms in total. The summed E-state index contributed by atoms with van der Waals surface area (Å²) in [5, 5.41) is 0. The van der Waals surface area contributed by atoms with Gasteiger partial charge in [-0.2, -0.15) is 0 Å². The quantitative estimate of drug-likeness (QED) is 0.696. The molecule has 0 saturated carbocycles. The molecule has 0 radical (unpaired) electrons. The predicted molar refractivity (Wildman–Crippen MR) is 94.4 cm³/mol. The van der Waals surface area contributed by atoms with Gasteiger partial charge >= 0.3 is 0 Å². The fraction of sp³-hybridized carbons (Fsp3) is 0.684. The first-order valence-electron chi connectivity index (χ1n) is 8.89. The topological polar surface area (TPSA) is 41.4 Å². The standard InChI is InChI=1S/C19H31NO4/c1-15-12-16(2)14-20(13-15)8-9-23-10-11-24-19-17(21-3)6-5-7-18(19)22-4/h5-7,15-16H,8-14H2,1-4H3/p+1/t15-,16-/m1/s1. The zero-order valence-electron chi connectivity index (χ0n) is 15.5. The molecule has 0 unspecified atom stereocenters. The number of hydrogen-bond donors (Lipinski definition) is 1. The molecule has 0 spiro atoms. The highest BCUT2D eigenvalue weighted by molar-refractivity contribution is 5.51. The summed E-state index contributed by atoms with van der Waals surface area (Å²) < 4.78 is 22.2. The van der Waals surface area contributed by atoms with E-state index < -0.39 is 0 Å². The van der Waals surface area contributed by atoms with Crippen molar-refractivity contribution in [3.05, 3.63) is 18.2 Å². The Hall–Kier alpha value is -1.46. The van der Waals surface area contributed by atoms with Gasteiger partial charge in [0.25, 0.3) is 0 Å². The van der Waals surface area contributed by atoms with E-state index in [4.69, 9.17) is 18.9 Å². The average Bonchev–Trinajstić information content (AvgIpc) is 2.56. The molecular weight excluding hydrogens is 306 g/mol. The molecule has 5 heteroatoms. The fourth-order valence-electron chi connectivity index (χ4n) is 3.61. The zero-order chi connectivity index (χ0) is 17.4. The van der Waals surface area contributed by atoms with E-state index in [1.54, 1.807) is 19.1 Å². The molecule has 1 heterocycles. The van der Waals surface area contributed by atoms with Crippen LogP contribution in [0.4, 0.5) is 0 Å². The molecule has 24 heavy (non-hydrogen) atoms. The number of para-hydroxylation sites is 1. The lowest BCUT2D eigenvalue weighted by molar-refractivity contribution is -0.912. The van der Waals surface area contributed by atoms with Gasteiger partial charge in [-0.3, -0.25) is 0 Å². The normalized spacial score (nSPS) is 23.8. The predicted octanol–water partition coefficient (Wildman–Crippen LogP) is 1.66. The van der Waals surface area contributed by atoms with E-state index in [0.29, 0.717) is 30.5 Å². The number of likely N-dealkylation sites (tertiary alicyclic amines) is 1. The van der Waals surface area contributed by atoms with Crippen molar-refractivity contribution in [3.63, 3.8) is 0 Å². The summed E-state index contributed by atoms with van der Waals surface area (Å²) in [6.45, 7) is 10.1. The number of ether oxygens (including phenoxy) is 4. The van der Waals surface area contributed by atoms with Crippen molar-refractivity contribution in [1.29, 1.82) is 0 Å². The number of rotatable bonds is 9. The van der Waals surface area contributed by atoms with E-state index >= 15 is 0 Å². The molecule has 0 bridgehead atoms. The summed E-state index contributed by atoms with van der Waals surface area (Å²) in [5.74, 6) is 3.63. The SMILES string of the molecule is COc1cccc(OC)c1OCCOCC[NH+]1C[C@H](C)C[C@@H](C)C1. The van der Waals surface area contributed by atoms with Crippen molar-refractivity contribution in [2.75, 3.05) is 53.7 Å². The maximum Gasteiger partial charge on any atom is 0.203 e. The van der Waals surface area contributed by atoms with E-state index in [-0.39, 0.29) is 0 Å². The van der Waals surface area contributed by atoms with Crippen molar-refractivity contribution in [1.82, 2.24) is 0 Å². The minimum absolute atomic E-state index is 0.485. The van der Waals surface area contributed by atoms with Crippen LogP contribution in [0.2, 0.25) is 0 Å². The van der Waals surface area contributed by atoms with Crippen molar-refractivity contribution in [2.24, 2.45) is 11.8 Å². The van der Waals surface area contributed by atoms with Crippen molar-refractivity contribution >= 4 is 0 Å². The largest absolute Gasteiger partial charge is 0.493 e. The molecule has 0 amide bonds. The third-order valence-electron chi connectivity index (χ3n) is 4.54. The summed E-state index contributed by atoms with van der Waals surface area (Å²) in [6, 6.07) is 5.60. The number of piperidine rings is 1. The van der Waals surface area contributed by atoms with Gasteiger partial charge in [0.05, 0.1) is 40.5 Å². The molecule has 2 atom stereocenters. The highest BCUT2D eigenvalue weighted by Crippen LogP contribution is 2.36. The van der Waals surface area contributed by atoms with Crippen LogP contribution in [0.1, 0.15) is 20.3 Å². The van der Waals surface area contributed by atoms with Gasteiger partial charge in [-0.05, 0) is 18.6 Å². The Kier molecular flexibility index (Phi) is 7.66. The third kappa shape index (κ3) is 5.56. The molecule has 0 aromatic heterocycles. The van der Waals surface area contributed by atoms with Crippen LogP contribution in [-0.2, 0) is 4.74 Å². The van der Waals surface area contributed by atoms with Crippen LogP contribution in [0, 0.1) is 11.8 Å². The van der Waals surface area contributed by atoms with Crippen LogP contribution in [0.3, 0.4) is 0 Å². The first kappa shape index (κ1) is 18.9. The van der Waals surface area contributed by atoms with E-state index in [1.165, 1.54) is 19.5 Å². The van der Waals surface area contributed by atoms with Gasteiger partial charge in [-0.25, -0.2) is 0 Å². The third-order valence-corrected chi connectivity index (χ3v) is 4.54. The summed E-state index contributed by atoms with van der Waals surface area (Å²) in [5.41, 5.74) is 0. The Balaban J connectivity index is 1.67. The van der Waals surface area contributed by atoms with E-state index in [0.717, 1.165) is 25.0 Å². The molecule has 1 aromatic carbocycles. The Morgan fingerprint density at radius 2 is 1.58 bits per heavy atom. The van der Waals surface area contributed by atoms with Gasteiger partial charge in [0, 0.05) is 11.8 Å². The first-order chi connectivity index (χ1) is 11.6. The Labute approximate surface area is 145 Å². The maximum absolute atomic E-state index is 5.79. The molecule has 1 saturated heterocycles. The second-order valence-electron chi connectivity index (χ2n) is 6.81. The number of methoxy groups -OCH3 is 2. The lowest BCUT2D eigenvalue weighted by atomic mass is 9.92. The first-order valence-corrected chi connectivity index (χ1v) is 8.89. The number of nitrogens with one attached hydrogen (secondary N) is 1. The highest BCUT2D eigenvalue weighted by atomic mass is 16.6.